The van der Waals surface area contributed by atoms with Gasteiger partial charge in [-0.2, -0.15) is 18.3 Å². The Kier molecular flexibility index (Phi) is 4.14. The van der Waals surface area contributed by atoms with Crippen LogP contribution >= 0.6 is 0 Å². The maximum absolute atomic E-state index is 12.4. The van der Waals surface area contributed by atoms with Gasteiger partial charge >= 0.3 is 6.18 Å². The van der Waals surface area contributed by atoms with E-state index in [-0.39, 0.29) is 26.2 Å². The van der Waals surface area contributed by atoms with Crippen molar-refractivity contribution in [3.63, 3.8) is 0 Å². The van der Waals surface area contributed by atoms with E-state index in [4.69, 9.17) is 10.5 Å². The van der Waals surface area contributed by atoms with Crippen molar-refractivity contribution in [2.45, 2.75) is 25.2 Å². The molecule has 0 spiro atoms. The Balaban J connectivity index is 2.03. The molecule has 0 aromatic carbocycles. The zero-order valence-corrected chi connectivity index (χ0v) is 11.8. The van der Waals surface area contributed by atoms with E-state index in [9.17, 15) is 22.8 Å². The van der Waals surface area contributed by atoms with Crippen LogP contribution in [0.4, 0.5) is 13.2 Å². The monoisotopic (exact) mass is 320 g/mol. The quantitative estimate of drug-likeness (QED) is 0.849. The van der Waals surface area contributed by atoms with E-state index in [2.05, 4.69) is 5.10 Å². The van der Waals surface area contributed by atoms with Gasteiger partial charge in [0.1, 0.15) is 6.54 Å². The molecule has 1 aromatic rings. The number of aromatic nitrogens is 2. The van der Waals surface area contributed by atoms with Gasteiger partial charge in [0.2, 0.25) is 5.91 Å². The highest BCUT2D eigenvalue weighted by Gasteiger charge is 2.39. The van der Waals surface area contributed by atoms with Crippen LogP contribution in [0.5, 0.6) is 0 Å². The normalized spacial score (nSPS) is 22.6. The van der Waals surface area contributed by atoms with Gasteiger partial charge in [-0.25, -0.2) is 0 Å². The van der Waals surface area contributed by atoms with Crippen LogP contribution in [0.15, 0.2) is 12.3 Å². The van der Waals surface area contributed by atoms with Gasteiger partial charge in [-0.15, -0.1) is 0 Å². The third-order valence-corrected chi connectivity index (χ3v) is 3.38. The molecule has 1 unspecified atom stereocenters. The average Bonchev–Trinajstić information content (AvgIpc) is 2.87. The number of hydrogen-bond acceptors (Lipinski definition) is 4. The van der Waals surface area contributed by atoms with E-state index in [0.717, 1.165) is 16.9 Å². The molecule has 10 heteroatoms. The molecular formula is C12H15F3N4O3. The Bertz CT molecular complexity index is 586. The molecule has 1 saturated heterocycles. The minimum absolute atomic E-state index is 0.0471. The lowest BCUT2D eigenvalue weighted by molar-refractivity contribution is -0.161. The standard InChI is InChI=1S/C12H15F3N4O3/c1-11(10(16)21)7-18(4-5-22-11)9(20)6-19-3-2-8(17-19)12(13,14)15/h2-3H,4-7H2,1H3,(H2,16,21). The van der Waals surface area contributed by atoms with Gasteiger partial charge in [0, 0.05) is 12.7 Å². The minimum Gasteiger partial charge on any atom is -0.367 e. The number of carbonyl (C=O) groups excluding carboxylic acids is 2. The second-order valence-electron chi connectivity index (χ2n) is 5.16. The highest BCUT2D eigenvalue weighted by Crippen LogP contribution is 2.27. The van der Waals surface area contributed by atoms with Gasteiger partial charge < -0.3 is 15.4 Å². The summed E-state index contributed by atoms with van der Waals surface area (Å²) < 4.78 is 43.5. The summed E-state index contributed by atoms with van der Waals surface area (Å²) in [6.45, 7) is 1.41. The Morgan fingerprint density at radius 3 is 2.73 bits per heavy atom. The van der Waals surface area contributed by atoms with Gasteiger partial charge in [0.25, 0.3) is 5.91 Å². The van der Waals surface area contributed by atoms with Crippen LogP contribution in [0.2, 0.25) is 0 Å². The van der Waals surface area contributed by atoms with Gasteiger partial charge in [-0.1, -0.05) is 0 Å². The maximum atomic E-state index is 12.4. The van der Waals surface area contributed by atoms with Crippen LogP contribution in [0, 0.1) is 0 Å². The average molecular weight is 320 g/mol. The molecule has 2 N–H and O–H groups in total. The van der Waals surface area contributed by atoms with E-state index < -0.39 is 29.3 Å². The van der Waals surface area contributed by atoms with E-state index >= 15 is 0 Å². The predicted molar refractivity (Wildman–Crippen MR) is 67.4 cm³/mol. The Labute approximate surface area is 123 Å². The lowest BCUT2D eigenvalue weighted by Gasteiger charge is -2.38. The predicted octanol–water partition coefficient (Wildman–Crippen LogP) is 0.00470. The number of alkyl halides is 3. The first-order valence-electron chi connectivity index (χ1n) is 6.44. The number of amides is 2. The van der Waals surface area contributed by atoms with Gasteiger partial charge in [-0.3, -0.25) is 14.3 Å². The topological polar surface area (TPSA) is 90.5 Å². The van der Waals surface area contributed by atoms with Crippen molar-refractivity contribution in [3.05, 3.63) is 18.0 Å². The van der Waals surface area contributed by atoms with Crippen LogP contribution in [-0.2, 0) is 27.0 Å². The van der Waals surface area contributed by atoms with Crippen molar-refractivity contribution < 1.29 is 27.5 Å². The molecule has 1 aromatic heterocycles. The first-order valence-corrected chi connectivity index (χ1v) is 6.44. The molecule has 7 nitrogen and oxygen atoms in total. The number of nitrogens with zero attached hydrogens (tertiary/aromatic N) is 3. The number of nitrogens with two attached hydrogens (primary N) is 1. The van der Waals surface area contributed by atoms with Crippen molar-refractivity contribution in [1.82, 2.24) is 14.7 Å². The Hall–Kier alpha value is -2.10. The fourth-order valence-electron chi connectivity index (χ4n) is 2.07. The van der Waals surface area contributed by atoms with Gasteiger partial charge in [0.05, 0.1) is 13.2 Å². The molecule has 1 fully saturated rings. The van der Waals surface area contributed by atoms with E-state index in [0.29, 0.717) is 0 Å². The molecule has 0 saturated carbocycles. The molecular weight excluding hydrogens is 305 g/mol. The first-order chi connectivity index (χ1) is 10.1. The molecule has 1 aliphatic rings. The summed E-state index contributed by atoms with van der Waals surface area (Å²) in [5.74, 6) is -1.17. The molecule has 1 aliphatic heterocycles. The van der Waals surface area contributed by atoms with Crippen molar-refractivity contribution in [3.8, 4) is 0 Å². The van der Waals surface area contributed by atoms with Crippen LogP contribution in [0.1, 0.15) is 12.6 Å². The highest BCUT2D eigenvalue weighted by atomic mass is 19.4. The van der Waals surface area contributed by atoms with Crippen LogP contribution < -0.4 is 5.73 Å². The first kappa shape index (κ1) is 16.3. The summed E-state index contributed by atoms with van der Waals surface area (Å²) in [4.78, 5) is 24.8. The fraction of sp³-hybridized carbons (Fsp3) is 0.583. The Morgan fingerprint density at radius 1 is 1.50 bits per heavy atom. The molecule has 2 rings (SSSR count). The van der Waals surface area contributed by atoms with Crippen molar-refractivity contribution >= 4 is 11.8 Å². The summed E-state index contributed by atoms with van der Waals surface area (Å²) in [5.41, 5.74) is 2.86. The second kappa shape index (κ2) is 5.59. The molecule has 22 heavy (non-hydrogen) atoms. The molecule has 0 bridgehead atoms. The fourth-order valence-corrected chi connectivity index (χ4v) is 2.07. The lowest BCUT2D eigenvalue weighted by atomic mass is 10.0. The number of hydrogen-bond donors (Lipinski definition) is 1. The van der Waals surface area contributed by atoms with E-state index in [1.807, 2.05) is 0 Å². The number of rotatable bonds is 3. The molecule has 1 atom stereocenters. The zero-order valence-electron chi connectivity index (χ0n) is 11.8. The summed E-state index contributed by atoms with van der Waals surface area (Å²) in [6, 6.07) is 0.792. The minimum atomic E-state index is -4.56. The van der Waals surface area contributed by atoms with E-state index in [1.165, 1.54) is 11.8 Å². The third-order valence-electron chi connectivity index (χ3n) is 3.38. The lowest BCUT2D eigenvalue weighted by Crippen LogP contribution is -2.58. The summed E-state index contributed by atoms with van der Waals surface area (Å²) in [7, 11) is 0. The van der Waals surface area contributed by atoms with Gasteiger partial charge in [-0.05, 0) is 13.0 Å². The maximum Gasteiger partial charge on any atom is 0.435 e. The number of halogens is 3. The molecule has 2 heterocycles. The van der Waals surface area contributed by atoms with E-state index in [1.54, 1.807) is 0 Å². The molecule has 0 aliphatic carbocycles. The Morgan fingerprint density at radius 2 is 2.18 bits per heavy atom. The van der Waals surface area contributed by atoms with Gasteiger partial charge in [0.15, 0.2) is 11.3 Å². The van der Waals surface area contributed by atoms with Crippen molar-refractivity contribution in [1.29, 1.82) is 0 Å². The summed E-state index contributed by atoms with van der Waals surface area (Å²) in [5, 5.41) is 3.31. The number of carbonyl (C=O) groups is 2. The zero-order chi connectivity index (χ0) is 16.5. The van der Waals surface area contributed by atoms with Crippen LogP contribution in [0.3, 0.4) is 0 Å². The largest absolute Gasteiger partial charge is 0.435 e. The molecule has 2 amide bonds. The number of primary amides is 1. The number of ether oxygens (including phenoxy) is 1. The summed E-state index contributed by atoms with van der Waals surface area (Å²) >= 11 is 0. The second-order valence-corrected chi connectivity index (χ2v) is 5.16. The van der Waals surface area contributed by atoms with Crippen LogP contribution in [0.25, 0.3) is 0 Å². The molecule has 0 radical (unpaired) electrons. The SMILES string of the molecule is CC1(C(N)=O)CN(C(=O)Cn2ccc(C(F)(F)F)n2)CCO1. The van der Waals surface area contributed by atoms with Crippen LogP contribution in [-0.4, -0.2) is 51.8 Å². The number of morpholine rings is 1. The third kappa shape index (κ3) is 3.38. The van der Waals surface area contributed by atoms with Crippen molar-refractivity contribution in [2.24, 2.45) is 5.73 Å². The smallest absolute Gasteiger partial charge is 0.367 e. The molecule has 122 valence electrons. The van der Waals surface area contributed by atoms with Crippen molar-refractivity contribution in [2.75, 3.05) is 19.7 Å². The summed E-state index contributed by atoms with van der Waals surface area (Å²) in [6.07, 6.45) is -3.48. The highest BCUT2D eigenvalue weighted by molar-refractivity contribution is 5.85.